The summed E-state index contributed by atoms with van der Waals surface area (Å²) in [6.45, 7) is 1.34. The number of anilines is 1. The summed E-state index contributed by atoms with van der Waals surface area (Å²) < 4.78 is 10.9. The van der Waals surface area contributed by atoms with Crippen molar-refractivity contribution < 1.29 is 24.2 Å². The van der Waals surface area contributed by atoms with Crippen LogP contribution in [-0.2, 0) is 16.2 Å². The van der Waals surface area contributed by atoms with Crippen molar-refractivity contribution >= 4 is 17.5 Å². The molecule has 1 aromatic carbocycles. The summed E-state index contributed by atoms with van der Waals surface area (Å²) in [5.41, 5.74) is 6.15. The van der Waals surface area contributed by atoms with Crippen LogP contribution in [0.5, 0.6) is 11.5 Å². The molecule has 1 unspecified atom stereocenters. The van der Waals surface area contributed by atoms with Gasteiger partial charge in [0, 0.05) is 0 Å². The number of carbonyl (C=O) groups excluding carboxylic acids is 2. The van der Waals surface area contributed by atoms with Crippen LogP contribution in [0.4, 0.5) is 5.69 Å². The Bertz CT molecular complexity index is 573. The van der Waals surface area contributed by atoms with Crippen molar-refractivity contribution in [2.75, 3.05) is 18.6 Å². The van der Waals surface area contributed by atoms with Gasteiger partial charge in [-0.15, -0.1) is 0 Å². The second kappa shape index (κ2) is 6.01. The van der Waals surface area contributed by atoms with E-state index >= 15 is 0 Å². The summed E-state index contributed by atoms with van der Waals surface area (Å²) in [6, 6.07) is 3.22. The third-order valence-corrected chi connectivity index (χ3v) is 3.27. The molecule has 1 heterocycles. The second-order valence-electron chi connectivity index (χ2n) is 4.71. The molecule has 0 bridgehead atoms. The van der Waals surface area contributed by atoms with Crippen molar-refractivity contribution in [2.24, 2.45) is 5.73 Å². The zero-order chi connectivity index (χ0) is 15.6. The quantitative estimate of drug-likeness (QED) is 0.806. The van der Waals surface area contributed by atoms with Crippen LogP contribution in [0, 0.1) is 0 Å². The van der Waals surface area contributed by atoms with Gasteiger partial charge in [0.1, 0.15) is 6.54 Å². The molecule has 0 saturated heterocycles. The number of aliphatic hydroxyl groups is 1. The first-order valence-corrected chi connectivity index (χ1v) is 6.59. The van der Waals surface area contributed by atoms with Crippen LogP contribution < -0.4 is 20.1 Å². The van der Waals surface area contributed by atoms with Gasteiger partial charge in [0.25, 0.3) is 5.91 Å². The number of hydrogen-bond acceptors (Lipinski definition) is 5. The Kier molecular flexibility index (Phi) is 4.32. The van der Waals surface area contributed by atoms with Crippen LogP contribution in [0.3, 0.4) is 0 Å². The highest BCUT2D eigenvalue weighted by atomic mass is 16.5. The highest BCUT2D eigenvalue weighted by molar-refractivity contribution is 6.04. The van der Waals surface area contributed by atoms with Crippen LogP contribution >= 0.6 is 0 Å². The van der Waals surface area contributed by atoms with Crippen molar-refractivity contribution in [3.8, 4) is 11.5 Å². The van der Waals surface area contributed by atoms with Crippen LogP contribution in [0.15, 0.2) is 12.1 Å². The minimum Gasteiger partial charge on any atom is -0.493 e. The SMILES string of the molecule is CCC1Oc2c(OC)cc(CO)cc2N(CC(N)=O)C1=O. The summed E-state index contributed by atoms with van der Waals surface area (Å²) in [5.74, 6) is -0.181. The van der Waals surface area contributed by atoms with Gasteiger partial charge in [-0.3, -0.25) is 14.5 Å². The van der Waals surface area contributed by atoms with E-state index in [1.54, 1.807) is 12.1 Å². The van der Waals surface area contributed by atoms with Gasteiger partial charge >= 0.3 is 0 Å². The van der Waals surface area contributed by atoms with Gasteiger partial charge in [0.2, 0.25) is 5.91 Å². The summed E-state index contributed by atoms with van der Waals surface area (Å²) in [4.78, 5) is 24.9. The van der Waals surface area contributed by atoms with E-state index in [1.807, 2.05) is 6.92 Å². The monoisotopic (exact) mass is 294 g/mol. The molecule has 0 aromatic heterocycles. The second-order valence-corrected chi connectivity index (χ2v) is 4.71. The topological polar surface area (TPSA) is 102 Å². The number of ether oxygens (including phenoxy) is 2. The Labute approximate surface area is 122 Å². The number of hydrogen-bond donors (Lipinski definition) is 2. The van der Waals surface area contributed by atoms with Crippen LogP contribution in [-0.4, -0.2) is 36.7 Å². The van der Waals surface area contributed by atoms with Crippen molar-refractivity contribution in [3.05, 3.63) is 17.7 Å². The minimum atomic E-state index is -0.689. The lowest BCUT2D eigenvalue weighted by Crippen LogP contribution is -2.49. The lowest BCUT2D eigenvalue weighted by Gasteiger charge is -2.34. The third kappa shape index (κ3) is 2.78. The number of nitrogens with zero attached hydrogens (tertiary/aromatic N) is 1. The van der Waals surface area contributed by atoms with E-state index in [4.69, 9.17) is 15.2 Å². The number of carbonyl (C=O) groups is 2. The smallest absolute Gasteiger partial charge is 0.268 e. The molecule has 7 nitrogen and oxygen atoms in total. The van der Waals surface area contributed by atoms with Crippen molar-refractivity contribution in [1.82, 2.24) is 0 Å². The molecule has 7 heteroatoms. The van der Waals surface area contributed by atoms with E-state index in [1.165, 1.54) is 12.0 Å². The molecule has 0 fully saturated rings. The molecule has 2 amide bonds. The number of benzene rings is 1. The van der Waals surface area contributed by atoms with Gasteiger partial charge in [0.15, 0.2) is 17.6 Å². The molecule has 1 aliphatic heterocycles. The lowest BCUT2D eigenvalue weighted by atomic mass is 10.1. The van der Waals surface area contributed by atoms with Crippen LogP contribution in [0.2, 0.25) is 0 Å². The first-order chi connectivity index (χ1) is 10.0. The molecule has 0 radical (unpaired) electrons. The van der Waals surface area contributed by atoms with Crippen molar-refractivity contribution in [3.63, 3.8) is 0 Å². The number of primary amides is 1. The summed E-state index contributed by atoms with van der Waals surface area (Å²) >= 11 is 0. The molecule has 0 aliphatic carbocycles. The number of methoxy groups -OCH3 is 1. The zero-order valence-electron chi connectivity index (χ0n) is 12.0. The van der Waals surface area contributed by atoms with Crippen molar-refractivity contribution in [1.29, 1.82) is 0 Å². The average Bonchev–Trinajstić information content (AvgIpc) is 2.48. The molecule has 2 rings (SSSR count). The van der Waals surface area contributed by atoms with Gasteiger partial charge in [0.05, 0.1) is 19.4 Å². The normalized spacial score (nSPS) is 17.2. The van der Waals surface area contributed by atoms with Crippen molar-refractivity contribution in [2.45, 2.75) is 26.1 Å². The molecule has 1 atom stereocenters. The summed E-state index contributed by atoms with van der Waals surface area (Å²) in [7, 11) is 1.47. The summed E-state index contributed by atoms with van der Waals surface area (Å²) in [5, 5.41) is 9.30. The maximum atomic E-state index is 12.3. The van der Waals surface area contributed by atoms with E-state index in [9.17, 15) is 14.7 Å². The van der Waals surface area contributed by atoms with E-state index < -0.39 is 12.0 Å². The van der Waals surface area contributed by atoms with Gasteiger partial charge in [-0.1, -0.05) is 6.92 Å². The standard InChI is InChI=1S/C14H18N2O5/c1-3-10-14(19)16(6-12(15)18)9-4-8(7-17)5-11(20-2)13(9)21-10/h4-5,10,17H,3,6-7H2,1-2H3,(H2,15,18). The molecule has 1 aliphatic rings. The van der Waals surface area contributed by atoms with Crippen LogP contribution in [0.25, 0.3) is 0 Å². The fourth-order valence-corrected chi connectivity index (χ4v) is 2.27. The maximum absolute atomic E-state index is 12.3. The Balaban J connectivity index is 2.58. The largest absolute Gasteiger partial charge is 0.493 e. The minimum absolute atomic E-state index is 0.223. The first kappa shape index (κ1) is 15.1. The maximum Gasteiger partial charge on any atom is 0.268 e. The Morgan fingerprint density at radius 3 is 2.76 bits per heavy atom. The predicted octanol–water partition coefficient (Wildman–Crippen LogP) is 0.177. The lowest BCUT2D eigenvalue weighted by molar-refractivity contribution is -0.128. The van der Waals surface area contributed by atoms with Gasteiger partial charge in [-0.25, -0.2) is 0 Å². The molecular weight excluding hydrogens is 276 g/mol. The Hall–Kier alpha value is -2.28. The number of aliphatic hydroxyl groups excluding tert-OH is 1. The Morgan fingerprint density at radius 2 is 2.24 bits per heavy atom. The molecular formula is C14H18N2O5. The van der Waals surface area contributed by atoms with Crippen LogP contribution in [0.1, 0.15) is 18.9 Å². The molecule has 1 aromatic rings. The highest BCUT2D eigenvalue weighted by Gasteiger charge is 2.36. The molecule has 21 heavy (non-hydrogen) atoms. The first-order valence-electron chi connectivity index (χ1n) is 6.59. The average molecular weight is 294 g/mol. The predicted molar refractivity (Wildman–Crippen MR) is 75.2 cm³/mol. The summed E-state index contributed by atoms with van der Waals surface area (Å²) in [6.07, 6.45) is -0.232. The zero-order valence-corrected chi connectivity index (χ0v) is 12.0. The Morgan fingerprint density at radius 1 is 1.52 bits per heavy atom. The number of nitrogens with two attached hydrogens (primary N) is 1. The molecule has 0 saturated carbocycles. The molecule has 114 valence electrons. The number of rotatable bonds is 5. The van der Waals surface area contributed by atoms with Gasteiger partial charge in [-0.05, 0) is 24.1 Å². The molecule has 0 spiro atoms. The van der Waals surface area contributed by atoms with Gasteiger partial charge < -0.3 is 20.3 Å². The molecule has 3 N–H and O–H groups in total. The fraction of sp³-hybridized carbons (Fsp3) is 0.429. The highest BCUT2D eigenvalue weighted by Crippen LogP contribution is 2.43. The number of amides is 2. The van der Waals surface area contributed by atoms with Gasteiger partial charge in [-0.2, -0.15) is 0 Å². The van der Waals surface area contributed by atoms with E-state index in [0.717, 1.165) is 0 Å². The third-order valence-electron chi connectivity index (χ3n) is 3.27. The van der Waals surface area contributed by atoms with E-state index in [2.05, 4.69) is 0 Å². The number of fused-ring (bicyclic) bond motifs is 1. The fourth-order valence-electron chi connectivity index (χ4n) is 2.27. The van der Waals surface area contributed by atoms with E-state index in [0.29, 0.717) is 29.2 Å². The van der Waals surface area contributed by atoms with E-state index in [-0.39, 0.29) is 19.1 Å².